The quantitative estimate of drug-likeness (QED) is 0.301. The van der Waals surface area contributed by atoms with Crippen LogP contribution in [0.25, 0.3) is 0 Å². The molecular weight excluding hydrogens is 258 g/mol. The summed E-state index contributed by atoms with van der Waals surface area (Å²) >= 11 is 0. The summed E-state index contributed by atoms with van der Waals surface area (Å²) < 4.78 is 4.97. The lowest BCUT2D eigenvalue weighted by molar-refractivity contribution is -0.121. The van der Waals surface area contributed by atoms with Crippen molar-refractivity contribution in [3.05, 3.63) is 35.9 Å². The first-order valence-corrected chi connectivity index (χ1v) is 6.41. The van der Waals surface area contributed by atoms with Crippen molar-refractivity contribution < 1.29 is 14.7 Å². The molecule has 1 aromatic rings. The van der Waals surface area contributed by atoms with Crippen LogP contribution in [-0.2, 0) is 9.53 Å². The number of nitrogens with two attached hydrogens (primary N) is 1. The highest BCUT2D eigenvalue weighted by molar-refractivity contribution is 6.07. The van der Waals surface area contributed by atoms with Crippen LogP contribution in [0.2, 0.25) is 0 Å². The molecule has 4 N–H and O–H groups in total. The zero-order valence-electron chi connectivity index (χ0n) is 11.7. The highest BCUT2D eigenvalue weighted by Gasteiger charge is 2.26. The van der Waals surface area contributed by atoms with Crippen LogP contribution in [0.4, 0.5) is 0 Å². The number of amides is 1. The van der Waals surface area contributed by atoms with Gasteiger partial charge in [-0.2, -0.15) is 0 Å². The van der Waals surface area contributed by atoms with Crippen LogP contribution < -0.4 is 11.1 Å². The monoisotopic (exact) mass is 279 g/mol. The number of carbonyl (C=O) groups is 1. The number of ether oxygens (including phenoxy) is 1. The van der Waals surface area contributed by atoms with Crippen molar-refractivity contribution in [1.29, 1.82) is 0 Å². The predicted molar refractivity (Wildman–Crippen MR) is 76.7 cm³/mol. The van der Waals surface area contributed by atoms with E-state index in [1.54, 1.807) is 31.4 Å². The lowest BCUT2D eigenvalue weighted by atomic mass is 9.96. The number of amidine groups is 1. The third-order valence-corrected chi connectivity index (χ3v) is 2.95. The van der Waals surface area contributed by atoms with Gasteiger partial charge in [0.15, 0.2) is 5.84 Å². The largest absolute Gasteiger partial charge is 0.409 e. The number of benzene rings is 1. The molecule has 1 aromatic carbocycles. The topological polar surface area (TPSA) is 96.9 Å². The molecule has 1 amide bonds. The van der Waals surface area contributed by atoms with Crippen molar-refractivity contribution in [2.75, 3.05) is 13.7 Å². The van der Waals surface area contributed by atoms with Gasteiger partial charge in [0.1, 0.15) is 5.92 Å². The van der Waals surface area contributed by atoms with Crippen molar-refractivity contribution in [3.63, 3.8) is 0 Å². The number of nitrogens with one attached hydrogen (secondary N) is 1. The first kappa shape index (κ1) is 16.0. The summed E-state index contributed by atoms with van der Waals surface area (Å²) in [6, 6.07) is 8.92. The van der Waals surface area contributed by atoms with Crippen LogP contribution in [-0.4, -0.2) is 36.7 Å². The van der Waals surface area contributed by atoms with Crippen LogP contribution in [0.1, 0.15) is 24.8 Å². The highest BCUT2D eigenvalue weighted by Crippen LogP contribution is 2.16. The number of methoxy groups -OCH3 is 1. The Morgan fingerprint density at radius 3 is 2.65 bits per heavy atom. The smallest absolute Gasteiger partial charge is 0.235 e. The second-order valence-corrected chi connectivity index (χ2v) is 4.56. The van der Waals surface area contributed by atoms with Gasteiger partial charge in [-0.05, 0) is 18.9 Å². The molecule has 2 unspecified atom stereocenters. The minimum Gasteiger partial charge on any atom is -0.409 e. The van der Waals surface area contributed by atoms with E-state index in [4.69, 9.17) is 15.7 Å². The molecule has 0 heterocycles. The molecule has 0 saturated carbocycles. The zero-order valence-corrected chi connectivity index (χ0v) is 11.7. The van der Waals surface area contributed by atoms with Gasteiger partial charge in [0, 0.05) is 19.8 Å². The molecule has 0 fully saturated rings. The average molecular weight is 279 g/mol. The minimum absolute atomic E-state index is 0.0554. The van der Waals surface area contributed by atoms with Crippen LogP contribution >= 0.6 is 0 Å². The molecule has 0 saturated heterocycles. The maximum absolute atomic E-state index is 12.3. The van der Waals surface area contributed by atoms with Crippen LogP contribution in [0.5, 0.6) is 0 Å². The third kappa shape index (κ3) is 4.55. The van der Waals surface area contributed by atoms with Crippen molar-refractivity contribution in [2.45, 2.75) is 25.3 Å². The van der Waals surface area contributed by atoms with E-state index in [0.717, 1.165) is 0 Å². The van der Waals surface area contributed by atoms with Gasteiger partial charge in [0.25, 0.3) is 0 Å². The maximum Gasteiger partial charge on any atom is 0.235 e. The normalized spacial score (nSPS) is 14.6. The number of hydrogen-bond donors (Lipinski definition) is 3. The van der Waals surface area contributed by atoms with Crippen LogP contribution in [0.15, 0.2) is 35.5 Å². The van der Waals surface area contributed by atoms with Crippen molar-refractivity contribution in [2.24, 2.45) is 10.9 Å². The summed E-state index contributed by atoms with van der Waals surface area (Å²) in [5.41, 5.74) is 6.32. The van der Waals surface area contributed by atoms with Gasteiger partial charge in [0.2, 0.25) is 5.91 Å². The molecule has 6 heteroatoms. The summed E-state index contributed by atoms with van der Waals surface area (Å²) in [6.07, 6.45) is 0.694. The molecule has 1 rings (SSSR count). The minimum atomic E-state index is -0.800. The maximum atomic E-state index is 12.3. The van der Waals surface area contributed by atoms with E-state index in [1.165, 1.54) is 0 Å². The molecule has 0 aliphatic carbocycles. The second-order valence-electron chi connectivity index (χ2n) is 4.56. The molecule has 0 aliphatic rings. The lowest BCUT2D eigenvalue weighted by Crippen LogP contribution is -2.41. The van der Waals surface area contributed by atoms with Gasteiger partial charge in [0.05, 0.1) is 0 Å². The van der Waals surface area contributed by atoms with E-state index >= 15 is 0 Å². The molecule has 110 valence electrons. The van der Waals surface area contributed by atoms with E-state index in [1.807, 2.05) is 13.0 Å². The van der Waals surface area contributed by atoms with Crippen molar-refractivity contribution in [1.82, 2.24) is 5.32 Å². The predicted octanol–water partition coefficient (Wildman–Crippen LogP) is 1.06. The Kier molecular flexibility index (Phi) is 6.52. The third-order valence-electron chi connectivity index (χ3n) is 2.95. The van der Waals surface area contributed by atoms with Gasteiger partial charge in [-0.1, -0.05) is 35.5 Å². The fraction of sp³-hybridized carbons (Fsp3) is 0.429. The fourth-order valence-corrected chi connectivity index (χ4v) is 1.85. The summed E-state index contributed by atoms with van der Waals surface area (Å²) in [4.78, 5) is 12.3. The molecule has 0 spiro atoms. The molecule has 0 bridgehead atoms. The Hall–Kier alpha value is -2.08. The summed E-state index contributed by atoms with van der Waals surface area (Å²) in [7, 11) is 1.61. The fourth-order valence-electron chi connectivity index (χ4n) is 1.85. The van der Waals surface area contributed by atoms with E-state index in [-0.39, 0.29) is 17.8 Å². The van der Waals surface area contributed by atoms with E-state index in [9.17, 15) is 4.79 Å². The molecule has 20 heavy (non-hydrogen) atoms. The molecule has 6 nitrogen and oxygen atoms in total. The average Bonchev–Trinajstić information content (AvgIpc) is 2.46. The Bertz CT molecular complexity index is 448. The van der Waals surface area contributed by atoms with Crippen molar-refractivity contribution in [3.8, 4) is 0 Å². The van der Waals surface area contributed by atoms with E-state index in [0.29, 0.717) is 18.6 Å². The van der Waals surface area contributed by atoms with Crippen LogP contribution in [0, 0.1) is 0 Å². The Balaban J connectivity index is 2.82. The molecule has 0 radical (unpaired) electrons. The number of rotatable bonds is 7. The summed E-state index contributed by atoms with van der Waals surface area (Å²) in [5.74, 6) is -1.23. The van der Waals surface area contributed by atoms with Gasteiger partial charge < -0.3 is 21.0 Å². The Labute approximate surface area is 118 Å². The van der Waals surface area contributed by atoms with E-state index in [2.05, 4.69) is 10.5 Å². The zero-order chi connectivity index (χ0) is 15.0. The standard InChI is InChI=1S/C14H21N3O3/c1-10(8-9-20-2)16-14(18)12(13(15)17-19)11-6-4-3-5-7-11/h3-7,10,12,19H,8-9H2,1-2H3,(H2,15,17)(H,16,18). The molecule has 0 aromatic heterocycles. The lowest BCUT2D eigenvalue weighted by Gasteiger charge is -2.19. The van der Waals surface area contributed by atoms with Crippen molar-refractivity contribution >= 4 is 11.7 Å². The molecule has 0 aliphatic heterocycles. The first-order valence-electron chi connectivity index (χ1n) is 6.41. The van der Waals surface area contributed by atoms with E-state index < -0.39 is 5.92 Å². The summed E-state index contributed by atoms with van der Waals surface area (Å²) in [6.45, 7) is 2.44. The second kappa shape index (κ2) is 8.16. The Morgan fingerprint density at radius 1 is 1.45 bits per heavy atom. The van der Waals surface area contributed by atoms with Crippen LogP contribution in [0.3, 0.4) is 0 Å². The number of nitrogens with zero attached hydrogens (tertiary/aromatic N) is 1. The highest BCUT2D eigenvalue weighted by atomic mass is 16.5. The number of carbonyl (C=O) groups excluding carboxylic acids is 1. The van der Waals surface area contributed by atoms with Gasteiger partial charge in [-0.3, -0.25) is 4.79 Å². The van der Waals surface area contributed by atoms with Gasteiger partial charge in [-0.25, -0.2) is 0 Å². The summed E-state index contributed by atoms with van der Waals surface area (Å²) in [5, 5.41) is 14.7. The molecule has 2 atom stereocenters. The number of hydrogen-bond acceptors (Lipinski definition) is 4. The Morgan fingerprint density at radius 2 is 2.10 bits per heavy atom. The van der Waals surface area contributed by atoms with Gasteiger partial charge >= 0.3 is 0 Å². The van der Waals surface area contributed by atoms with Gasteiger partial charge in [-0.15, -0.1) is 0 Å². The molecular formula is C14H21N3O3. The first-order chi connectivity index (χ1) is 9.60. The SMILES string of the molecule is COCCC(C)NC(=O)C(C(N)=NO)c1ccccc1. The number of oxime groups is 1.